The molecule has 0 aromatic carbocycles. The zero-order chi connectivity index (χ0) is 14.6. The van der Waals surface area contributed by atoms with Gasteiger partial charge in [-0.05, 0) is 18.3 Å². The van der Waals surface area contributed by atoms with Crippen molar-refractivity contribution in [1.29, 1.82) is 0 Å². The van der Waals surface area contributed by atoms with Crippen molar-refractivity contribution in [3.05, 3.63) is 0 Å². The second-order valence-corrected chi connectivity index (χ2v) is 6.21. The fraction of sp³-hybridized carbons (Fsp3) is 1.00. The first-order valence-electron chi connectivity index (χ1n) is 7.26. The minimum Gasteiger partial charge on any atom is -0.386 e. The Morgan fingerprint density at radius 1 is 1.11 bits per heavy atom. The van der Waals surface area contributed by atoms with Crippen LogP contribution in [-0.4, -0.2) is 34.4 Å². The standard InChI is InChI=1S/C14H27F2NO2/c1-9(2)12(18)14(15,16)13(19)11(17)8-10-6-4-3-5-7-10/h9-13,18-19H,3-8,17H2,1-2H3/t11-,12+,13+/m0/s1. The number of halogens is 2. The van der Waals surface area contributed by atoms with Gasteiger partial charge in [0, 0.05) is 6.04 Å². The van der Waals surface area contributed by atoms with Gasteiger partial charge in [0.2, 0.25) is 0 Å². The molecule has 1 rings (SSSR count). The van der Waals surface area contributed by atoms with Crippen LogP contribution in [0.3, 0.4) is 0 Å². The van der Waals surface area contributed by atoms with Crippen molar-refractivity contribution < 1.29 is 19.0 Å². The molecule has 0 aromatic rings. The van der Waals surface area contributed by atoms with Crippen molar-refractivity contribution in [3.8, 4) is 0 Å². The maximum atomic E-state index is 13.9. The molecule has 0 aromatic heterocycles. The lowest BCUT2D eigenvalue weighted by Crippen LogP contribution is -2.55. The molecular formula is C14H27F2NO2. The number of nitrogens with two attached hydrogens (primary N) is 1. The average molecular weight is 279 g/mol. The molecule has 3 nitrogen and oxygen atoms in total. The summed E-state index contributed by atoms with van der Waals surface area (Å²) in [7, 11) is 0. The summed E-state index contributed by atoms with van der Waals surface area (Å²) in [6.45, 7) is 3.00. The van der Waals surface area contributed by atoms with E-state index in [1.165, 1.54) is 20.3 Å². The number of hydrogen-bond donors (Lipinski definition) is 3. The summed E-state index contributed by atoms with van der Waals surface area (Å²) in [5, 5.41) is 19.3. The lowest BCUT2D eigenvalue weighted by Gasteiger charge is -2.34. The highest BCUT2D eigenvalue weighted by Gasteiger charge is 2.49. The van der Waals surface area contributed by atoms with Crippen LogP contribution >= 0.6 is 0 Å². The predicted octanol–water partition coefficient (Wildman–Crippen LogP) is 2.30. The van der Waals surface area contributed by atoms with E-state index in [1.54, 1.807) is 0 Å². The van der Waals surface area contributed by atoms with Gasteiger partial charge in [-0.15, -0.1) is 0 Å². The summed E-state index contributed by atoms with van der Waals surface area (Å²) >= 11 is 0. The number of aliphatic hydroxyl groups is 2. The van der Waals surface area contributed by atoms with Gasteiger partial charge in [0.05, 0.1) is 0 Å². The third-order valence-corrected chi connectivity index (χ3v) is 4.16. The lowest BCUT2D eigenvalue weighted by atomic mass is 9.82. The molecule has 1 aliphatic rings. The second kappa shape index (κ2) is 6.95. The molecule has 4 N–H and O–H groups in total. The number of hydrogen-bond acceptors (Lipinski definition) is 3. The van der Waals surface area contributed by atoms with Gasteiger partial charge in [-0.3, -0.25) is 0 Å². The highest BCUT2D eigenvalue weighted by atomic mass is 19.3. The van der Waals surface area contributed by atoms with Gasteiger partial charge in [-0.25, -0.2) is 8.78 Å². The summed E-state index contributed by atoms with van der Waals surface area (Å²) in [4.78, 5) is 0. The quantitative estimate of drug-likeness (QED) is 0.699. The Labute approximate surface area is 114 Å². The summed E-state index contributed by atoms with van der Waals surface area (Å²) in [6.07, 6.45) is 1.97. The molecular weight excluding hydrogens is 252 g/mol. The summed E-state index contributed by atoms with van der Waals surface area (Å²) < 4.78 is 27.8. The van der Waals surface area contributed by atoms with Crippen LogP contribution in [0.1, 0.15) is 52.4 Å². The third-order valence-electron chi connectivity index (χ3n) is 4.16. The fourth-order valence-electron chi connectivity index (χ4n) is 2.84. The van der Waals surface area contributed by atoms with Gasteiger partial charge in [-0.1, -0.05) is 46.0 Å². The van der Waals surface area contributed by atoms with Crippen molar-refractivity contribution in [2.45, 2.75) is 76.5 Å². The zero-order valence-corrected chi connectivity index (χ0v) is 11.9. The molecule has 0 saturated heterocycles. The first-order valence-corrected chi connectivity index (χ1v) is 7.26. The Morgan fingerprint density at radius 3 is 2.11 bits per heavy atom. The van der Waals surface area contributed by atoms with E-state index in [0.29, 0.717) is 12.3 Å². The van der Waals surface area contributed by atoms with Crippen LogP contribution < -0.4 is 5.73 Å². The van der Waals surface area contributed by atoms with E-state index in [0.717, 1.165) is 25.7 Å². The molecule has 19 heavy (non-hydrogen) atoms. The Morgan fingerprint density at radius 2 is 1.63 bits per heavy atom. The molecule has 0 spiro atoms. The van der Waals surface area contributed by atoms with Gasteiger partial charge >= 0.3 is 0 Å². The molecule has 1 aliphatic carbocycles. The normalized spacial score (nSPS) is 23.4. The smallest absolute Gasteiger partial charge is 0.300 e. The molecule has 0 bridgehead atoms. The van der Waals surface area contributed by atoms with Crippen LogP contribution in [-0.2, 0) is 0 Å². The summed E-state index contributed by atoms with van der Waals surface area (Å²) in [5.74, 6) is -3.85. The molecule has 0 aliphatic heterocycles. The van der Waals surface area contributed by atoms with E-state index in [-0.39, 0.29) is 0 Å². The number of alkyl halides is 2. The van der Waals surface area contributed by atoms with Crippen molar-refractivity contribution in [3.63, 3.8) is 0 Å². The molecule has 0 amide bonds. The molecule has 0 radical (unpaired) electrons. The third kappa shape index (κ3) is 4.36. The highest BCUT2D eigenvalue weighted by molar-refractivity contribution is 4.92. The predicted molar refractivity (Wildman–Crippen MR) is 71.0 cm³/mol. The van der Waals surface area contributed by atoms with Crippen LogP contribution in [0.4, 0.5) is 8.78 Å². The second-order valence-electron chi connectivity index (χ2n) is 6.21. The van der Waals surface area contributed by atoms with E-state index >= 15 is 0 Å². The fourth-order valence-corrected chi connectivity index (χ4v) is 2.84. The van der Waals surface area contributed by atoms with Gasteiger partial charge < -0.3 is 15.9 Å². The van der Waals surface area contributed by atoms with Crippen molar-refractivity contribution in [1.82, 2.24) is 0 Å². The highest BCUT2D eigenvalue weighted by Crippen LogP contribution is 2.33. The van der Waals surface area contributed by atoms with Crippen LogP contribution in [0.5, 0.6) is 0 Å². The zero-order valence-electron chi connectivity index (χ0n) is 11.9. The summed E-state index contributed by atoms with van der Waals surface area (Å²) in [6, 6.07) is -0.980. The van der Waals surface area contributed by atoms with Gasteiger partial charge in [-0.2, -0.15) is 0 Å². The molecule has 114 valence electrons. The SMILES string of the molecule is CC(C)[C@@H](O)C(F)(F)[C@H](O)[C@@H](N)CC1CCCCC1. The van der Waals surface area contributed by atoms with E-state index in [4.69, 9.17) is 5.73 Å². The molecule has 0 heterocycles. The first kappa shape index (κ1) is 16.8. The minimum absolute atomic E-state index is 0.324. The lowest BCUT2D eigenvalue weighted by molar-refractivity contribution is -0.195. The van der Waals surface area contributed by atoms with Crippen LogP contribution in [0, 0.1) is 11.8 Å². The number of aliphatic hydroxyl groups excluding tert-OH is 2. The first-order chi connectivity index (χ1) is 8.76. The van der Waals surface area contributed by atoms with Crippen LogP contribution in [0.25, 0.3) is 0 Å². The Balaban J connectivity index is 2.56. The van der Waals surface area contributed by atoms with Gasteiger partial charge in [0.1, 0.15) is 12.2 Å². The molecule has 3 atom stereocenters. The molecule has 1 fully saturated rings. The molecule has 1 saturated carbocycles. The van der Waals surface area contributed by atoms with Crippen LogP contribution in [0.15, 0.2) is 0 Å². The van der Waals surface area contributed by atoms with Crippen LogP contribution in [0.2, 0.25) is 0 Å². The average Bonchev–Trinajstić information content (AvgIpc) is 2.37. The van der Waals surface area contributed by atoms with E-state index in [2.05, 4.69) is 0 Å². The Hall–Kier alpha value is -0.260. The topological polar surface area (TPSA) is 66.5 Å². The summed E-state index contributed by atoms with van der Waals surface area (Å²) in [5.41, 5.74) is 5.73. The molecule has 5 heteroatoms. The largest absolute Gasteiger partial charge is 0.386 e. The Bertz CT molecular complexity index is 268. The minimum atomic E-state index is -3.55. The van der Waals surface area contributed by atoms with E-state index in [1.807, 2.05) is 0 Å². The monoisotopic (exact) mass is 279 g/mol. The number of rotatable bonds is 6. The maximum absolute atomic E-state index is 13.9. The maximum Gasteiger partial charge on any atom is 0.300 e. The van der Waals surface area contributed by atoms with Gasteiger partial charge in [0.25, 0.3) is 5.92 Å². The van der Waals surface area contributed by atoms with Crippen molar-refractivity contribution in [2.24, 2.45) is 17.6 Å². The van der Waals surface area contributed by atoms with E-state index < -0.39 is 30.1 Å². The Kier molecular flexibility index (Phi) is 6.15. The van der Waals surface area contributed by atoms with E-state index in [9.17, 15) is 19.0 Å². The van der Waals surface area contributed by atoms with Crippen molar-refractivity contribution in [2.75, 3.05) is 0 Å². The molecule has 0 unspecified atom stereocenters. The van der Waals surface area contributed by atoms with Gasteiger partial charge in [0.15, 0.2) is 0 Å². The van der Waals surface area contributed by atoms with Crippen molar-refractivity contribution >= 4 is 0 Å².